The number of rotatable bonds is 5. The second-order valence-electron chi connectivity index (χ2n) is 6.37. The number of likely N-dealkylation sites (N-methyl/N-ethyl adjacent to an activating group) is 2. The molecule has 1 N–H and O–H groups in total. The minimum Gasteiger partial charge on any atom is -0.344 e. The van der Waals surface area contributed by atoms with Gasteiger partial charge in [0.05, 0.1) is 0 Å². The predicted octanol–water partition coefficient (Wildman–Crippen LogP) is 0.785. The van der Waals surface area contributed by atoms with Gasteiger partial charge in [-0.15, -0.1) is 0 Å². The molecule has 0 bridgehead atoms. The van der Waals surface area contributed by atoms with Crippen LogP contribution in [0.1, 0.15) is 26.2 Å². The SMILES string of the molecule is CC(C(=O)N(C)CC1(N(C)C)CCC1)C1CNC1. The minimum absolute atomic E-state index is 0.163. The van der Waals surface area contributed by atoms with Crippen molar-refractivity contribution < 1.29 is 4.79 Å². The Balaban J connectivity index is 1.90. The van der Waals surface area contributed by atoms with Crippen LogP contribution in [0.15, 0.2) is 0 Å². The third-order valence-electron chi connectivity index (χ3n) is 5.05. The van der Waals surface area contributed by atoms with E-state index < -0.39 is 0 Å². The van der Waals surface area contributed by atoms with Gasteiger partial charge in [-0.3, -0.25) is 4.79 Å². The molecular weight excluding hydrogens is 226 g/mol. The van der Waals surface area contributed by atoms with Gasteiger partial charge in [0.2, 0.25) is 5.91 Å². The number of carbonyl (C=O) groups excluding carboxylic acids is 1. The molecule has 1 unspecified atom stereocenters. The van der Waals surface area contributed by atoms with Gasteiger partial charge in [0.25, 0.3) is 0 Å². The molecular formula is C14H27N3O. The summed E-state index contributed by atoms with van der Waals surface area (Å²) in [5.41, 5.74) is 0.238. The van der Waals surface area contributed by atoms with Crippen molar-refractivity contribution in [2.45, 2.75) is 31.7 Å². The summed E-state index contributed by atoms with van der Waals surface area (Å²) < 4.78 is 0. The van der Waals surface area contributed by atoms with Crippen LogP contribution in [0, 0.1) is 11.8 Å². The first-order valence-corrected chi connectivity index (χ1v) is 7.09. The molecule has 1 amide bonds. The molecule has 4 nitrogen and oxygen atoms in total. The second kappa shape index (κ2) is 5.17. The number of hydrogen-bond acceptors (Lipinski definition) is 3. The molecule has 0 aromatic carbocycles. The standard InChI is InChI=1S/C14H27N3O/c1-11(12-8-15-9-12)13(18)17(4)10-14(16(2)3)6-5-7-14/h11-12,15H,5-10H2,1-4H3. The molecule has 1 aliphatic heterocycles. The molecule has 18 heavy (non-hydrogen) atoms. The highest BCUT2D eigenvalue weighted by Gasteiger charge is 2.41. The Morgan fingerprint density at radius 3 is 2.28 bits per heavy atom. The highest BCUT2D eigenvalue weighted by atomic mass is 16.2. The van der Waals surface area contributed by atoms with E-state index in [4.69, 9.17) is 0 Å². The van der Waals surface area contributed by atoms with Gasteiger partial charge in [-0.05, 0) is 52.4 Å². The van der Waals surface area contributed by atoms with Gasteiger partial charge >= 0.3 is 0 Å². The minimum atomic E-state index is 0.163. The van der Waals surface area contributed by atoms with Gasteiger partial charge in [-0.2, -0.15) is 0 Å². The van der Waals surface area contributed by atoms with Crippen molar-refractivity contribution in [3.05, 3.63) is 0 Å². The normalized spacial score (nSPS) is 24.3. The zero-order chi connectivity index (χ0) is 13.3. The number of hydrogen-bond donors (Lipinski definition) is 1. The van der Waals surface area contributed by atoms with Crippen LogP contribution in [0.25, 0.3) is 0 Å². The van der Waals surface area contributed by atoms with E-state index in [9.17, 15) is 4.79 Å². The van der Waals surface area contributed by atoms with E-state index in [1.807, 2.05) is 11.9 Å². The number of carbonyl (C=O) groups is 1. The first-order chi connectivity index (χ1) is 8.46. The maximum Gasteiger partial charge on any atom is 0.225 e. The summed E-state index contributed by atoms with van der Waals surface area (Å²) in [4.78, 5) is 16.7. The van der Waals surface area contributed by atoms with Crippen molar-refractivity contribution in [3.63, 3.8) is 0 Å². The fraction of sp³-hybridized carbons (Fsp3) is 0.929. The van der Waals surface area contributed by atoms with E-state index in [2.05, 4.69) is 31.2 Å². The highest BCUT2D eigenvalue weighted by Crippen LogP contribution is 2.37. The molecule has 1 saturated heterocycles. The van der Waals surface area contributed by atoms with Crippen LogP contribution in [0.3, 0.4) is 0 Å². The maximum absolute atomic E-state index is 12.4. The Bertz CT molecular complexity index is 308. The Hall–Kier alpha value is -0.610. The van der Waals surface area contributed by atoms with Gasteiger partial charge in [0.15, 0.2) is 0 Å². The summed E-state index contributed by atoms with van der Waals surface area (Å²) in [7, 11) is 6.24. The molecule has 0 spiro atoms. The van der Waals surface area contributed by atoms with E-state index in [1.54, 1.807) is 0 Å². The van der Waals surface area contributed by atoms with Crippen molar-refractivity contribution in [2.24, 2.45) is 11.8 Å². The van der Waals surface area contributed by atoms with Crippen LogP contribution in [0.5, 0.6) is 0 Å². The summed E-state index contributed by atoms with van der Waals surface area (Å²) in [6, 6.07) is 0. The average molecular weight is 253 g/mol. The van der Waals surface area contributed by atoms with Crippen molar-refractivity contribution in [1.29, 1.82) is 0 Å². The zero-order valence-electron chi connectivity index (χ0n) is 12.2. The van der Waals surface area contributed by atoms with Gasteiger partial charge in [-0.1, -0.05) is 6.92 Å². The molecule has 2 rings (SSSR count). The average Bonchev–Trinajstić information content (AvgIpc) is 2.18. The molecule has 2 aliphatic rings. The van der Waals surface area contributed by atoms with Crippen LogP contribution in [0.4, 0.5) is 0 Å². The van der Waals surface area contributed by atoms with Gasteiger partial charge in [-0.25, -0.2) is 0 Å². The van der Waals surface area contributed by atoms with Crippen LogP contribution in [-0.2, 0) is 4.79 Å². The molecule has 1 saturated carbocycles. The summed E-state index contributed by atoms with van der Waals surface area (Å²) in [5.74, 6) is 1.02. The quantitative estimate of drug-likeness (QED) is 0.787. The zero-order valence-corrected chi connectivity index (χ0v) is 12.2. The molecule has 0 radical (unpaired) electrons. The fourth-order valence-corrected chi connectivity index (χ4v) is 3.06. The summed E-state index contributed by atoms with van der Waals surface area (Å²) >= 11 is 0. The van der Waals surface area contributed by atoms with E-state index in [0.717, 1.165) is 19.6 Å². The van der Waals surface area contributed by atoms with Gasteiger partial charge in [0, 0.05) is 25.0 Å². The topological polar surface area (TPSA) is 35.6 Å². The first kappa shape index (κ1) is 13.8. The Morgan fingerprint density at radius 1 is 1.33 bits per heavy atom. The van der Waals surface area contributed by atoms with Crippen molar-refractivity contribution in [1.82, 2.24) is 15.1 Å². The third-order valence-corrected chi connectivity index (χ3v) is 5.05. The summed E-state index contributed by atoms with van der Waals surface area (Å²) in [6.45, 7) is 4.95. The van der Waals surface area contributed by atoms with Crippen LogP contribution < -0.4 is 5.32 Å². The molecule has 104 valence electrons. The van der Waals surface area contributed by atoms with E-state index in [0.29, 0.717) is 11.8 Å². The smallest absolute Gasteiger partial charge is 0.225 e. The van der Waals surface area contributed by atoms with E-state index in [1.165, 1.54) is 19.3 Å². The molecule has 1 heterocycles. The summed E-state index contributed by atoms with van der Waals surface area (Å²) in [5, 5.41) is 3.25. The largest absolute Gasteiger partial charge is 0.344 e. The lowest BCUT2D eigenvalue weighted by atomic mass is 9.75. The second-order valence-corrected chi connectivity index (χ2v) is 6.37. The Kier molecular flexibility index (Phi) is 3.97. The van der Waals surface area contributed by atoms with Crippen molar-refractivity contribution >= 4 is 5.91 Å². The molecule has 1 atom stereocenters. The first-order valence-electron chi connectivity index (χ1n) is 7.09. The maximum atomic E-state index is 12.4. The molecule has 1 aliphatic carbocycles. The number of nitrogens with zero attached hydrogens (tertiary/aromatic N) is 2. The van der Waals surface area contributed by atoms with Gasteiger partial charge < -0.3 is 15.1 Å². The highest BCUT2D eigenvalue weighted by molar-refractivity contribution is 5.78. The van der Waals surface area contributed by atoms with E-state index >= 15 is 0 Å². The van der Waals surface area contributed by atoms with Crippen molar-refractivity contribution in [2.75, 3.05) is 40.8 Å². The monoisotopic (exact) mass is 253 g/mol. The lowest BCUT2D eigenvalue weighted by molar-refractivity contribution is -0.138. The van der Waals surface area contributed by atoms with Crippen LogP contribution in [0.2, 0.25) is 0 Å². The number of nitrogens with one attached hydrogen (secondary N) is 1. The van der Waals surface area contributed by atoms with Crippen LogP contribution in [-0.4, -0.2) is 62.0 Å². The van der Waals surface area contributed by atoms with E-state index in [-0.39, 0.29) is 11.5 Å². The third kappa shape index (κ3) is 2.41. The molecule has 0 aromatic rings. The number of amides is 1. The van der Waals surface area contributed by atoms with Crippen LogP contribution >= 0.6 is 0 Å². The fourth-order valence-electron chi connectivity index (χ4n) is 3.06. The lowest BCUT2D eigenvalue weighted by Crippen LogP contribution is -2.59. The van der Waals surface area contributed by atoms with Gasteiger partial charge in [0.1, 0.15) is 0 Å². The predicted molar refractivity (Wildman–Crippen MR) is 73.4 cm³/mol. The molecule has 2 fully saturated rings. The Morgan fingerprint density at radius 2 is 1.94 bits per heavy atom. The molecule has 4 heteroatoms. The molecule has 0 aromatic heterocycles. The summed E-state index contributed by atoms with van der Waals surface area (Å²) in [6.07, 6.45) is 3.73. The Labute approximate surface area is 111 Å². The van der Waals surface area contributed by atoms with Crippen molar-refractivity contribution in [3.8, 4) is 0 Å². The lowest BCUT2D eigenvalue weighted by Gasteiger charge is -2.49.